The summed E-state index contributed by atoms with van der Waals surface area (Å²) in [7, 11) is 0. The summed E-state index contributed by atoms with van der Waals surface area (Å²) in [5.74, 6) is 0.542. The van der Waals surface area contributed by atoms with E-state index in [-0.39, 0.29) is 16.9 Å². The molecule has 0 aliphatic heterocycles. The molecule has 116 valence electrons. The van der Waals surface area contributed by atoms with Crippen LogP contribution in [0.5, 0.6) is 0 Å². The maximum absolute atomic E-state index is 9.90. The molecule has 2 nitrogen and oxygen atoms in total. The van der Waals surface area contributed by atoms with Crippen molar-refractivity contribution in [2.75, 3.05) is 0 Å². The van der Waals surface area contributed by atoms with Crippen LogP contribution in [0, 0.1) is 5.41 Å². The lowest BCUT2D eigenvalue weighted by Gasteiger charge is -2.37. The van der Waals surface area contributed by atoms with Crippen molar-refractivity contribution >= 4 is 63.7 Å². The van der Waals surface area contributed by atoms with Gasteiger partial charge in [-0.3, -0.25) is 0 Å². The van der Waals surface area contributed by atoms with E-state index in [4.69, 9.17) is 0 Å². The lowest BCUT2D eigenvalue weighted by Crippen LogP contribution is -2.27. The lowest BCUT2D eigenvalue weighted by atomic mass is 9.72. The zero-order chi connectivity index (χ0) is 16.1. The molecule has 21 heavy (non-hydrogen) atoms. The topological polar surface area (TPSA) is 40.5 Å². The molecule has 2 N–H and O–H groups in total. The van der Waals surface area contributed by atoms with Gasteiger partial charge in [0, 0.05) is 5.41 Å². The summed E-state index contributed by atoms with van der Waals surface area (Å²) >= 11 is 13.9. The van der Waals surface area contributed by atoms with Crippen LogP contribution >= 0.6 is 63.7 Å². The van der Waals surface area contributed by atoms with E-state index in [0.29, 0.717) is 12.8 Å². The highest BCUT2D eigenvalue weighted by Gasteiger charge is 2.38. The highest BCUT2D eigenvalue weighted by Crippen LogP contribution is 2.50. The fraction of sp³-hybridized carbons (Fsp3) is 0.467. The summed E-state index contributed by atoms with van der Waals surface area (Å²) < 4.78 is -1.39. The molecule has 0 unspecified atom stereocenters. The summed E-state index contributed by atoms with van der Waals surface area (Å²) in [6.45, 7) is 4.31. The molecular weight excluding hydrogens is 532 g/mol. The number of halogens is 4. The summed E-state index contributed by atoms with van der Waals surface area (Å²) in [5.41, 5.74) is 2.21. The van der Waals surface area contributed by atoms with Crippen LogP contribution in [0.3, 0.4) is 0 Å². The van der Waals surface area contributed by atoms with E-state index in [1.54, 1.807) is 0 Å². The Bertz CT molecular complexity index is 530. The molecule has 0 aromatic rings. The number of aliphatic hydroxyl groups is 2. The van der Waals surface area contributed by atoms with Crippen LogP contribution in [0.1, 0.15) is 26.7 Å². The molecule has 0 fully saturated rings. The number of hydrogen-bond acceptors (Lipinski definition) is 2. The Balaban J connectivity index is 2.37. The number of hydrogen-bond donors (Lipinski definition) is 2. The minimum atomic E-state index is -0.696. The Morgan fingerprint density at radius 2 is 1.19 bits per heavy atom. The van der Waals surface area contributed by atoms with Gasteiger partial charge in [0.25, 0.3) is 0 Å². The van der Waals surface area contributed by atoms with Gasteiger partial charge in [-0.1, -0.05) is 88.7 Å². The van der Waals surface area contributed by atoms with Crippen molar-refractivity contribution in [3.63, 3.8) is 0 Å². The third-order valence-electron chi connectivity index (χ3n) is 4.03. The fourth-order valence-corrected chi connectivity index (χ4v) is 4.22. The van der Waals surface area contributed by atoms with Crippen LogP contribution in [0.15, 0.2) is 47.0 Å². The van der Waals surface area contributed by atoms with E-state index >= 15 is 0 Å². The smallest absolute Gasteiger partial charge is 0.155 e. The first kappa shape index (κ1) is 17.8. The lowest BCUT2D eigenvalue weighted by molar-refractivity contribution is 0.385. The third-order valence-corrected chi connectivity index (χ3v) is 6.57. The van der Waals surface area contributed by atoms with Gasteiger partial charge >= 0.3 is 0 Å². The SMILES string of the molecule is CC(C)(C1=CC(Br)(Br)C(O)=CC1)C1=CC(Br)(Br)C(O)=CC1. The van der Waals surface area contributed by atoms with Crippen molar-refractivity contribution in [1.29, 1.82) is 0 Å². The quantitative estimate of drug-likeness (QED) is 0.305. The maximum Gasteiger partial charge on any atom is 0.155 e. The predicted molar refractivity (Wildman–Crippen MR) is 102 cm³/mol. The number of aliphatic hydroxyl groups excluding tert-OH is 2. The number of rotatable bonds is 2. The van der Waals surface area contributed by atoms with Gasteiger partial charge in [-0.05, 0) is 37.1 Å². The third kappa shape index (κ3) is 3.54. The van der Waals surface area contributed by atoms with Crippen LogP contribution in [0.4, 0.5) is 0 Å². The molecule has 0 saturated heterocycles. The van der Waals surface area contributed by atoms with E-state index in [1.165, 1.54) is 11.1 Å². The summed E-state index contributed by atoms with van der Waals surface area (Å²) in [5, 5.41) is 19.8. The van der Waals surface area contributed by atoms with E-state index in [2.05, 4.69) is 77.6 Å². The van der Waals surface area contributed by atoms with Gasteiger partial charge in [0.05, 0.1) is 0 Å². The van der Waals surface area contributed by atoms with Gasteiger partial charge in [-0.25, -0.2) is 0 Å². The molecule has 0 aromatic carbocycles. The minimum Gasteiger partial charge on any atom is -0.510 e. The van der Waals surface area contributed by atoms with Crippen LogP contribution in [-0.4, -0.2) is 16.7 Å². The molecule has 0 saturated carbocycles. The van der Waals surface area contributed by atoms with Crippen molar-refractivity contribution < 1.29 is 10.2 Å². The Kier molecular flexibility index (Phi) is 4.96. The Morgan fingerprint density at radius 3 is 1.48 bits per heavy atom. The Hall–Kier alpha value is 0.480. The molecule has 0 aromatic heterocycles. The van der Waals surface area contributed by atoms with Crippen LogP contribution in [0.2, 0.25) is 0 Å². The van der Waals surface area contributed by atoms with Crippen molar-refractivity contribution in [3.8, 4) is 0 Å². The van der Waals surface area contributed by atoms with E-state index < -0.39 is 6.47 Å². The largest absolute Gasteiger partial charge is 0.510 e. The molecule has 0 spiro atoms. The van der Waals surface area contributed by atoms with Gasteiger partial charge in [0.1, 0.15) is 11.5 Å². The van der Waals surface area contributed by atoms with Crippen LogP contribution in [0.25, 0.3) is 0 Å². The molecule has 0 radical (unpaired) electrons. The first-order valence-corrected chi connectivity index (χ1v) is 9.63. The second kappa shape index (κ2) is 5.84. The summed E-state index contributed by atoms with van der Waals surface area (Å²) in [4.78, 5) is 0. The van der Waals surface area contributed by atoms with Crippen molar-refractivity contribution in [2.24, 2.45) is 5.41 Å². The molecule has 0 atom stereocenters. The van der Waals surface area contributed by atoms with Gasteiger partial charge in [-0.2, -0.15) is 0 Å². The van der Waals surface area contributed by atoms with Gasteiger partial charge in [0.15, 0.2) is 6.47 Å². The average Bonchev–Trinajstić information content (AvgIpc) is 2.35. The summed E-state index contributed by atoms with van der Waals surface area (Å²) in [6.07, 6.45) is 9.03. The first-order valence-electron chi connectivity index (χ1n) is 6.46. The molecule has 2 aliphatic carbocycles. The average molecular weight is 548 g/mol. The highest BCUT2D eigenvalue weighted by atomic mass is 79.9. The van der Waals surface area contributed by atoms with Crippen LogP contribution in [-0.2, 0) is 0 Å². The molecule has 2 rings (SSSR count). The van der Waals surface area contributed by atoms with E-state index in [0.717, 1.165) is 0 Å². The molecule has 0 amide bonds. The molecule has 0 bridgehead atoms. The van der Waals surface area contributed by atoms with Crippen molar-refractivity contribution in [1.82, 2.24) is 0 Å². The normalized spacial score (nSPS) is 24.7. The maximum atomic E-state index is 9.90. The molecule has 0 heterocycles. The molecule has 6 heteroatoms. The first-order chi connectivity index (χ1) is 9.47. The number of alkyl halides is 4. The second-order valence-electron chi connectivity index (χ2n) is 5.80. The summed E-state index contributed by atoms with van der Waals surface area (Å²) in [6, 6.07) is 0. The van der Waals surface area contributed by atoms with Gasteiger partial charge in [-0.15, -0.1) is 0 Å². The molecule has 2 aliphatic rings. The minimum absolute atomic E-state index is 0.187. The second-order valence-corrected chi connectivity index (χ2v) is 12.9. The monoisotopic (exact) mass is 544 g/mol. The van der Waals surface area contributed by atoms with Crippen molar-refractivity contribution in [3.05, 3.63) is 47.0 Å². The van der Waals surface area contributed by atoms with Gasteiger partial charge < -0.3 is 10.2 Å². The fourth-order valence-electron chi connectivity index (χ4n) is 2.47. The van der Waals surface area contributed by atoms with E-state index in [1.807, 2.05) is 24.3 Å². The highest BCUT2D eigenvalue weighted by molar-refractivity contribution is 9.26. The zero-order valence-electron chi connectivity index (χ0n) is 11.6. The van der Waals surface area contributed by atoms with Crippen molar-refractivity contribution in [2.45, 2.75) is 33.2 Å². The Morgan fingerprint density at radius 1 is 0.857 bits per heavy atom. The standard InChI is InChI=1S/C15H16Br4O2/c1-13(2,9-3-5-11(20)14(16,17)7-9)10-4-6-12(21)15(18,19)8-10/h5-8,20-21H,3-4H2,1-2H3. The number of allylic oxidation sites excluding steroid dienone is 6. The van der Waals surface area contributed by atoms with E-state index in [9.17, 15) is 10.2 Å². The Labute approximate surface area is 158 Å². The molecular formula is C15H16Br4O2. The van der Waals surface area contributed by atoms with Gasteiger partial charge in [0.2, 0.25) is 0 Å². The zero-order valence-corrected chi connectivity index (χ0v) is 18.0. The van der Waals surface area contributed by atoms with Crippen LogP contribution < -0.4 is 0 Å². The predicted octanol–water partition coefficient (Wildman–Crippen LogP) is 6.53.